The predicted octanol–water partition coefficient (Wildman–Crippen LogP) is 5.95. The summed E-state index contributed by atoms with van der Waals surface area (Å²) in [5.74, 6) is 0.681. The van der Waals surface area contributed by atoms with Crippen molar-refractivity contribution in [2.45, 2.75) is 13.0 Å². The van der Waals surface area contributed by atoms with Gasteiger partial charge in [0.15, 0.2) is 0 Å². The Morgan fingerprint density at radius 1 is 0.893 bits per heavy atom. The summed E-state index contributed by atoms with van der Waals surface area (Å²) in [6.07, 6.45) is -0.977. The lowest BCUT2D eigenvalue weighted by atomic mass is 10.1. The molecule has 1 unspecified atom stereocenters. The lowest BCUT2D eigenvalue weighted by Gasteiger charge is -2.18. The minimum absolute atomic E-state index is 0.222. The van der Waals surface area contributed by atoms with Gasteiger partial charge in [-0.3, -0.25) is 0 Å². The smallest absolute Gasteiger partial charge is 0.352 e. The van der Waals surface area contributed by atoms with Gasteiger partial charge in [0.05, 0.1) is 6.61 Å². The first kappa shape index (κ1) is 19.7. The minimum Gasteiger partial charge on any atom is -0.474 e. The van der Waals surface area contributed by atoms with Crippen molar-refractivity contribution in [1.29, 1.82) is 0 Å². The summed E-state index contributed by atoms with van der Waals surface area (Å²) in [7, 11) is 0. The SMILES string of the molecule is CCOC(=O)C(Oc1ccc(F)cc1)c1ccc(Oc2ccc(Cl)cc2)cc1. The molecule has 0 heterocycles. The summed E-state index contributed by atoms with van der Waals surface area (Å²) in [5.41, 5.74) is 0.589. The van der Waals surface area contributed by atoms with Crippen LogP contribution in [0.15, 0.2) is 72.8 Å². The Hall–Kier alpha value is -3.05. The lowest BCUT2D eigenvalue weighted by molar-refractivity contribution is -0.151. The van der Waals surface area contributed by atoms with E-state index in [-0.39, 0.29) is 12.4 Å². The first-order chi connectivity index (χ1) is 13.5. The van der Waals surface area contributed by atoms with Crippen LogP contribution in [-0.4, -0.2) is 12.6 Å². The molecule has 28 heavy (non-hydrogen) atoms. The Morgan fingerprint density at radius 2 is 1.43 bits per heavy atom. The normalized spacial score (nSPS) is 11.5. The first-order valence-corrected chi connectivity index (χ1v) is 9.05. The number of carbonyl (C=O) groups excluding carboxylic acids is 1. The molecule has 3 rings (SSSR count). The summed E-state index contributed by atoms with van der Waals surface area (Å²) in [5, 5.41) is 0.623. The molecule has 0 saturated heterocycles. The summed E-state index contributed by atoms with van der Waals surface area (Å²) >= 11 is 5.87. The molecule has 1 atom stereocenters. The van der Waals surface area contributed by atoms with E-state index in [1.807, 2.05) is 0 Å². The minimum atomic E-state index is -0.977. The maximum atomic E-state index is 13.1. The van der Waals surface area contributed by atoms with Crippen LogP contribution in [0.5, 0.6) is 17.2 Å². The zero-order valence-corrected chi connectivity index (χ0v) is 15.9. The highest BCUT2D eigenvalue weighted by molar-refractivity contribution is 6.30. The molecule has 0 bridgehead atoms. The number of hydrogen-bond donors (Lipinski definition) is 0. The summed E-state index contributed by atoms with van der Waals surface area (Å²) in [6, 6.07) is 19.3. The van der Waals surface area contributed by atoms with Crippen LogP contribution >= 0.6 is 11.6 Å². The zero-order chi connectivity index (χ0) is 19.9. The van der Waals surface area contributed by atoms with Crippen molar-refractivity contribution < 1.29 is 23.4 Å². The van der Waals surface area contributed by atoms with Gasteiger partial charge >= 0.3 is 5.97 Å². The van der Waals surface area contributed by atoms with Crippen molar-refractivity contribution in [1.82, 2.24) is 0 Å². The summed E-state index contributed by atoms with van der Waals surface area (Å²) in [4.78, 5) is 12.4. The van der Waals surface area contributed by atoms with Gasteiger partial charge in [0.2, 0.25) is 6.10 Å². The average molecular weight is 401 g/mol. The van der Waals surface area contributed by atoms with E-state index in [0.717, 1.165) is 0 Å². The van der Waals surface area contributed by atoms with Crippen LogP contribution in [0.3, 0.4) is 0 Å². The molecule has 0 fully saturated rings. The molecule has 0 amide bonds. The Bertz CT molecular complexity index is 909. The molecule has 0 aliphatic heterocycles. The largest absolute Gasteiger partial charge is 0.474 e. The van der Waals surface area contributed by atoms with Crippen LogP contribution in [0, 0.1) is 5.82 Å². The second kappa shape index (κ2) is 9.24. The van der Waals surface area contributed by atoms with Gasteiger partial charge < -0.3 is 14.2 Å². The summed E-state index contributed by atoms with van der Waals surface area (Å²) in [6.45, 7) is 1.94. The van der Waals surface area contributed by atoms with Crippen molar-refractivity contribution >= 4 is 17.6 Å². The van der Waals surface area contributed by atoms with E-state index < -0.39 is 12.1 Å². The van der Waals surface area contributed by atoms with Crippen LogP contribution in [0.4, 0.5) is 4.39 Å². The predicted molar refractivity (Wildman–Crippen MR) is 104 cm³/mol. The fourth-order valence-electron chi connectivity index (χ4n) is 2.47. The molecule has 0 spiro atoms. The number of esters is 1. The van der Waals surface area contributed by atoms with Crippen LogP contribution in [0.2, 0.25) is 5.02 Å². The standard InChI is InChI=1S/C22H18ClFO4/c1-2-26-22(25)21(28-20-13-7-17(24)8-14-20)15-3-9-18(10-4-15)27-19-11-5-16(23)6-12-19/h3-14,21H,2H2,1H3. The Kier molecular flexibility index (Phi) is 6.50. The van der Waals surface area contributed by atoms with Crippen LogP contribution in [-0.2, 0) is 9.53 Å². The van der Waals surface area contributed by atoms with Gasteiger partial charge in [-0.1, -0.05) is 23.7 Å². The number of halogens is 2. The van der Waals surface area contributed by atoms with E-state index in [9.17, 15) is 9.18 Å². The molecule has 4 nitrogen and oxygen atoms in total. The zero-order valence-electron chi connectivity index (χ0n) is 15.1. The third-order valence-electron chi connectivity index (χ3n) is 3.80. The molecule has 0 radical (unpaired) electrons. The van der Waals surface area contributed by atoms with Crippen molar-refractivity contribution in [3.8, 4) is 17.2 Å². The Labute approximate surface area is 167 Å². The van der Waals surface area contributed by atoms with E-state index in [1.165, 1.54) is 24.3 Å². The molecular formula is C22H18ClFO4. The van der Waals surface area contributed by atoms with Gasteiger partial charge in [0.1, 0.15) is 23.1 Å². The van der Waals surface area contributed by atoms with Crippen molar-refractivity contribution in [2.75, 3.05) is 6.61 Å². The number of carbonyl (C=O) groups is 1. The summed E-state index contributed by atoms with van der Waals surface area (Å²) < 4.78 is 29.7. The molecule has 0 aliphatic carbocycles. The Balaban J connectivity index is 1.78. The van der Waals surface area contributed by atoms with Gasteiger partial charge in [-0.2, -0.15) is 0 Å². The molecule has 6 heteroatoms. The van der Waals surface area contributed by atoms with Crippen LogP contribution in [0.25, 0.3) is 0 Å². The van der Waals surface area contributed by atoms with Gasteiger partial charge in [-0.15, -0.1) is 0 Å². The van der Waals surface area contributed by atoms with Crippen LogP contribution in [0.1, 0.15) is 18.6 Å². The average Bonchev–Trinajstić information content (AvgIpc) is 2.70. The van der Waals surface area contributed by atoms with E-state index in [0.29, 0.717) is 27.8 Å². The first-order valence-electron chi connectivity index (χ1n) is 8.67. The quantitative estimate of drug-likeness (QED) is 0.459. The van der Waals surface area contributed by atoms with Gasteiger partial charge in [0.25, 0.3) is 0 Å². The van der Waals surface area contributed by atoms with E-state index in [2.05, 4.69) is 0 Å². The third-order valence-corrected chi connectivity index (χ3v) is 4.05. The monoisotopic (exact) mass is 400 g/mol. The van der Waals surface area contributed by atoms with E-state index in [1.54, 1.807) is 55.5 Å². The lowest BCUT2D eigenvalue weighted by Crippen LogP contribution is -2.21. The van der Waals surface area contributed by atoms with Crippen molar-refractivity contribution in [2.24, 2.45) is 0 Å². The molecule has 3 aromatic rings. The van der Waals surface area contributed by atoms with Gasteiger partial charge in [-0.05, 0) is 67.6 Å². The number of benzene rings is 3. The molecule has 0 N–H and O–H groups in total. The molecule has 144 valence electrons. The number of rotatable bonds is 7. The van der Waals surface area contributed by atoms with Crippen LogP contribution < -0.4 is 9.47 Å². The fourth-order valence-corrected chi connectivity index (χ4v) is 2.59. The highest BCUT2D eigenvalue weighted by Crippen LogP contribution is 2.28. The number of ether oxygens (including phenoxy) is 3. The number of hydrogen-bond acceptors (Lipinski definition) is 4. The van der Waals surface area contributed by atoms with E-state index >= 15 is 0 Å². The highest BCUT2D eigenvalue weighted by atomic mass is 35.5. The topological polar surface area (TPSA) is 44.8 Å². The van der Waals surface area contributed by atoms with E-state index in [4.69, 9.17) is 25.8 Å². The molecule has 3 aromatic carbocycles. The second-order valence-corrected chi connectivity index (χ2v) is 6.27. The maximum absolute atomic E-state index is 13.1. The van der Waals surface area contributed by atoms with Crippen molar-refractivity contribution in [3.63, 3.8) is 0 Å². The molecular weight excluding hydrogens is 383 g/mol. The van der Waals surface area contributed by atoms with Crippen molar-refractivity contribution in [3.05, 3.63) is 89.2 Å². The highest BCUT2D eigenvalue weighted by Gasteiger charge is 2.24. The maximum Gasteiger partial charge on any atom is 0.352 e. The molecule has 0 aliphatic rings. The van der Waals surface area contributed by atoms with Gasteiger partial charge in [-0.25, -0.2) is 9.18 Å². The Morgan fingerprint density at radius 3 is 2.00 bits per heavy atom. The second-order valence-electron chi connectivity index (χ2n) is 5.83. The van der Waals surface area contributed by atoms with Gasteiger partial charge in [0, 0.05) is 10.6 Å². The molecule has 0 saturated carbocycles. The molecule has 0 aromatic heterocycles. The fraction of sp³-hybridized carbons (Fsp3) is 0.136. The third kappa shape index (κ3) is 5.24.